The predicted molar refractivity (Wildman–Crippen MR) is 70.3 cm³/mol. The maximum absolute atomic E-state index is 13.5. The van der Waals surface area contributed by atoms with Gasteiger partial charge in [0.2, 0.25) is 5.91 Å². The van der Waals surface area contributed by atoms with E-state index in [1.165, 1.54) is 0 Å². The molecule has 0 aliphatic carbocycles. The molecule has 3 N–H and O–H groups in total. The minimum absolute atomic E-state index is 0.0320. The van der Waals surface area contributed by atoms with Crippen LogP contribution in [-0.4, -0.2) is 11.9 Å². The third-order valence-electron chi connectivity index (χ3n) is 3.34. The molecule has 0 heterocycles. The molecule has 0 fully saturated rings. The molecule has 0 saturated heterocycles. The first kappa shape index (κ1) is 15.6. The molecular formula is C14H20F2N2O. The van der Waals surface area contributed by atoms with E-state index in [1.54, 1.807) is 6.92 Å². The molecule has 0 saturated carbocycles. The van der Waals surface area contributed by atoms with Crippen LogP contribution in [0, 0.1) is 17.6 Å². The van der Waals surface area contributed by atoms with E-state index in [4.69, 9.17) is 5.73 Å². The van der Waals surface area contributed by atoms with Gasteiger partial charge in [0.25, 0.3) is 0 Å². The van der Waals surface area contributed by atoms with E-state index >= 15 is 0 Å². The van der Waals surface area contributed by atoms with Gasteiger partial charge >= 0.3 is 0 Å². The van der Waals surface area contributed by atoms with E-state index in [9.17, 15) is 13.6 Å². The van der Waals surface area contributed by atoms with E-state index in [-0.39, 0.29) is 17.4 Å². The lowest BCUT2D eigenvalue weighted by atomic mass is 9.98. The Morgan fingerprint density at radius 1 is 1.37 bits per heavy atom. The molecule has 106 valence electrons. The van der Waals surface area contributed by atoms with Crippen LogP contribution in [0.3, 0.4) is 0 Å². The Labute approximate surface area is 112 Å². The highest BCUT2D eigenvalue weighted by Crippen LogP contribution is 2.18. The average Bonchev–Trinajstić information content (AvgIpc) is 2.39. The fraction of sp³-hybridized carbons (Fsp3) is 0.500. The molecule has 0 radical (unpaired) electrons. The lowest BCUT2D eigenvalue weighted by Crippen LogP contribution is -2.45. The maximum atomic E-state index is 13.5. The number of carbonyl (C=O) groups excluding carboxylic acids is 1. The van der Waals surface area contributed by atoms with Gasteiger partial charge in [-0.3, -0.25) is 4.79 Å². The molecule has 3 nitrogen and oxygen atoms in total. The second kappa shape index (κ2) is 6.61. The fourth-order valence-electron chi connectivity index (χ4n) is 1.75. The molecule has 1 rings (SSSR count). The topological polar surface area (TPSA) is 55.1 Å². The molecule has 1 amide bonds. The Bertz CT molecular complexity index is 451. The molecule has 0 aliphatic rings. The first-order chi connectivity index (χ1) is 8.86. The number of hydrogen-bond acceptors (Lipinski definition) is 2. The van der Waals surface area contributed by atoms with E-state index in [0.717, 1.165) is 24.6 Å². The van der Waals surface area contributed by atoms with E-state index in [1.807, 2.05) is 13.8 Å². The lowest BCUT2D eigenvalue weighted by Gasteiger charge is -2.21. The van der Waals surface area contributed by atoms with E-state index in [0.29, 0.717) is 0 Å². The number of rotatable bonds is 5. The minimum atomic E-state index is -0.649. The number of carbonyl (C=O) groups is 1. The van der Waals surface area contributed by atoms with Crippen LogP contribution in [0.25, 0.3) is 0 Å². The number of hydrogen-bond donors (Lipinski definition) is 2. The molecule has 0 bridgehead atoms. The van der Waals surface area contributed by atoms with Gasteiger partial charge in [0.15, 0.2) is 0 Å². The van der Waals surface area contributed by atoms with Crippen molar-refractivity contribution in [2.45, 2.75) is 39.3 Å². The van der Waals surface area contributed by atoms with E-state index in [2.05, 4.69) is 5.32 Å². The van der Waals surface area contributed by atoms with Gasteiger partial charge in [-0.15, -0.1) is 0 Å². The maximum Gasteiger partial charge on any atom is 0.237 e. The normalized spacial score (nSPS) is 15.7. The van der Waals surface area contributed by atoms with Gasteiger partial charge in [-0.2, -0.15) is 0 Å². The zero-order valence-corrected chi connectivity index (χ0v) is 11.4. The van der Waals surface area contributed by atoms with E-state index < -0.39 is 23.7 Å². The molecule has 1 unspecified atom stereocenters. The number of benzene rings is 1. The molecule has 0 spiro atoms. The molecule has 3 atom stereocenters. The fourth-order valence-corrected chi connectivity index (χ4v) is 1.75. The van der Waals surface area contributed by atoms with Crippen LogP contribution in [0.2, 0.25) is 0 Å². The summed E-state index contributed by atoms with van der Waals surface area (Å²) in [5, 5.41) is 2.61. The van der Waals surface area contributed by atoms with Crippen LogP contribution in [0.4, 0.5) is 8.78 Å². The van der Waals surface area contributed by atoms with Crippen molar-refractivity contribution in [3.05, 3.63) is 35.4 Å². The quantitative estimate of drug-likeness (QED) is 0.863. The van der Waals surface area contributed by atoms with Crippen LogP contribution in [0.5, 0.6) is 0 Å². The average molecular weight is 270 g/mol. The summed E-state index contributed by atoms with van der Waals surface area (Å²) in [6, 6.07) is 1.89. The van der Waals surface area contributed by atoms with Crippen molar-refractivity contribution in [1.29, 1.82) is 0 Å². The monoisotopic (exact) mass is 270 g/mol. The van der Waals surface area contributed by atoms with Crippen LogP contribution >= 0.6 is 0 Å². The highest BCUT2D eigenvalue weighted by atomic mass is 19.1. The summed E-state index contributed by atoms with van der Waals surface area (Å²) in [4.78, 5) is 11.9. The van der Waals surface area contributed by atoms with Gasteiger partial charge < -0.3 is 11.1 Å². The third kappa shape index (κ3) is 3.99. The molecule has 1 aromatic carbocycles. The Hall–Kier alpha value is -1.49. The van der Waals surface area contributed by atoms with Gasteiger partial charge in [-0.05, 0) is 31.0 Å². The molecule has 0 aliphatic heterocycles. The summed E-state index contributed by atoms with van der Waals surface area (Å²) >= 11 is 0. The van der Waals surface area contributed by atoms with Crippen molar-refractivity contribution in [3.8, 4) is 0 Å². The Balaban J connectivity index is 2.76. The lowest BCUT2D eigenvalue weighted by molar-refractivity contribution is -0.124. The molecule has 1 aromatic rings. The zero-order chi connectivity index (χ0) is 14.6. The van der Waals surface area contributed by atoms with Crippen LogP contribution in [0.1, 0.15) is 38.8 Å². The summed E-state index contributed by atoms with van der Waals surface area (Å²) < 4.78 is 26.6. The number of nitrogens with one attached hydrogen (secondary N) is 1. The van der Waals surface area contributed by atoms with Crippen molar-refractivity contribution in [2.75, 3.05) is 0 Å². The summed E-state index contributed by atoms with van der Waals surface area (Å²) in [6.07, 6.45) is 0.775. The Morgan fingerprint density at radius 2 is 2.00 bits per heavy atom. The molecular weight excluding hydrogens is 250 g/mol. The molecule has 19 heavy (non-hydrogen) atoms. The first-order valence-electron chi connectivity index (χ1n) is 6.37. The standard InChI is InChI=1S/C14H20F2N2O/c1-4-8(2)13(17)14(19)18-9(3)11-7-10(15)5-6-12(11)16/h5-9,13H,4,17H2,1-3H3,(H,18,19)/t8-,9?,13-/m0/s1. The Kier molecular flexibility index (Phi) is 5.42. The van der Waals surface area contributed by atoms with Crippen molar-refractivity contribution in [2.24, 2.45) is 11.7 Å². The van der Waals surface area contributed by atoms with Gasteiger partial charge in [0.1, 0.15) is 11.6 Å². The van der Waals surface area contributed by atoms with Crippen LogP contribution in [0.15, 0.2) is 18.2 Å². The SMILES string of the molecule is CC[C@H](C)[C@H](N)C(=O)NC(C)c1cc(F)ccc1F. The number of nitrogens with two attached hydrogens (primary N) is 1. The summed E-state index contributed by atoms with van der Waals surface area (Å²) in [5.41, 5.74) is 5.90. The van der Waals surface area contributed by atoms with Crippen LogP contribution in [-0.2, 0) is 4.79 Å². The van der Waals surface area contributed by atoms with Gasteiger partial charge in [-0.1, -0.05) is 20.3 Å². The first-order valence-corrected chi connectivity index (χ1v) is 6.37. The van der Waals surface area contributed by atoms with Crippen molar-refractivity contribution >= 4 is 5.91 Å². The summed E-state index contributed by atoms with van der Waals surface area (Å²) in [7, 11) is 0. The second-order valence-corrected chi connectivity index (χ2v) is 4.81. The highest BCUT2D eigenvalue weighted by Gasteiger charge is 2.22. The minimum Gasteiger partial charge on any atom is -0.348 e. The third-order valence-corrected chi connectivity index (χ3v) is 3.34. The number of amides is 1. The van der Waals surface area contributed by atoms with Crippen molar-refractivity contribution < 1.29 is 13.6 Å². The summed E-state index contributed by atoms with van der Waals surface area (Å²) in [6.45, 7) is 5.41. The van der Waals surface area contributed by atoms with Gasteiger partial charge in [0.05, 0.1) is 12.1 Å². The molecule has 0 aromatic heterocycles. The smallest absolute Gasteiger partial charge is 0.237 e. The van der Waals surface area contributed by atoms with Gasteiger partial charge in [0, 0.05) is 5.56 Å². The predicted octanol–water partition coefficient (Wildman–Crippen LogP) is 2.52. The zero-order valence-electron chi connectivity index (χ0n) is 11.4. The highest BCUT2D eigenvalue weighted by molar-refractivity contribution is 5.82. The van der Waals surface area contributed by atoms with Crippen molar-refractivity contribution in [1.82, 2.24) is 5.32 Å². The molecule has 5 heteroatoms. The Morgan fingerprint density at radius 3 is 2.58 bits per heavy atom. The second-order valence-electron chi connectivity index (χ2n) is 4.81. The van der Waals surface area contributed by atoms with Gasteiger partial charge in [-0.25, -0.2) is 8.78 Å². The summed E-state index contributed by atoms with van der Waals surface area (Å²) in [5.74, 6) is -1.41. The largest absolute Gasteiger partial charge is 0.348 e. The number of halogens is 2. The van der Waals surface area contributed by atoms with Crippen LogP contribution < -0.4 is 11.1 Å². The van der Waals surface area contributed by atoms with Crippen molar-refractivity contribution in [3.63, 3.8) is 0 Å².